The van der Waals surface area contributed by atoms with Crippen LogP contribution in [0.25, 0.3) is 0 Å². The third-order valence-corrected chi connectivity index (χ3v) is 2.89. The molecular formula is C10H17BrO3. The maximum absolute atomic E-state index is 10.8. The molecule has 0 amide bonds. The van der Waals surface area contributed by atoms with Crippen LogP contribution in [0.5, 0.6) is 0 Å². The van der Waals surface area contributed by atoms with Crippen molar-refractivity contribution in [1.82, 2.24) is 0 Å². The highest BCUT2D eigenvalue weighted by Gasteiger charge is 2.12. The minimum absolute atomic E-state index is 0.106. The van der Waals surface area contributed by atoms with Crippen molar-refractivity contribution in [3.05, 3.63) is 0 Å². The van der Waals surface area contributed by atoms with E-state index in [1.54, 1.807) is 0 Å². The zero-order valence-electron chi connectivity index (χ0n) is 8.34. The Labute approximate surface area is 93.3 Å². The van der Waals surface area contributed by atoms with Crippen LogP contribution in [0.2, 0.25) is 0 Å². The van der Waals surface area contributed by atoms with Crippen LogP contribution in [0.4, 0.5) is 0 Å². The van der Waals surface area contributed by atoms with Gasteiger partial charge in [0.2, 0.25) is 0 Å². The highest BCUT2D eigenvalue weighted by Crippen LogP contribution is 2.19. The first-order valence-electron chi connectivity index (χ1n) is 5.16. The second-order valence-corrected chi connectivity index (χ2v) is 4.11. The number of carbonyl (C=O) groups excluding carboxylic acids is 1. The fourth-order valence-corrected chi connectivity index (χ4v) is 1.80. The van der Waals surface area contributed by atoms with Gasteiger partial charge in [-0.25, -0.2) is 0 Å². The minimum atomic E-state index is -0.265. The van der Waals surface area contributed by atoms with E-state index < -0.39 is 0 Å². The monoisotopic (exact) mass is 264 g/mol. The van der Waals surface area contributed by atoms with Gasteiger partial charge in [-0.3, -0.25) is 4.79 Å². The summed E-state index contributed by atoms with van der Waals surface area (Å²) in [7, 11) is 0. The van der Waals surface area contributed by atoms with Crippen molar-refractivity contribution >= 4 is 21.9 Å². The molecule has 0 heterocycles. The highest BCUT2D eigenvalue weighted by molar-refractivity contribution is 9.09. The summed E-state index contributed by atoms with van der Waals surface area (Å²) in [4.78, 5) is 10.8. The van der Waals surface area contributed by atoms with E-state index in [9.17, 15) is 4.79 Å². The summed E-state index contributed by atoms with van der Waals surface area (Å²) in [5, 5.41) is 0.237. The third kappa shape index (κ3) is 4.96. The average molecular weight is 265 g/mol. The molecular weight excluding hydrogens is 248 g/mol. The summed E-state index contributed by atoms with van der Waals surface area (Å²) in [6, 6.07) is 0. The molecule has 0 aromatic rings. The lowest BCUT2D eigenvalue weighted by atomic mass is 10.2. The fraction of sp³-hybridized carbons (Fsp3) is 0.900. The van der Waals surface area contributed by atoms with Gasteiger partial charge in [-0.05, 0) is 12.8 Å². The van der Waals surface area contributed by atoms with Crippen molar-refractivity contribution in [3.8, 4) is 0 Å². The summed E-state index contributed by atoms with van der Waals surface area (Å²) in [5.74, 6) is -0.265. The number of ether oxygens (including phenoxy) is 2. The largest absolute Gasteiger partial charge is 0.438 e. The third-order valence-electron chi connectivity index (χ3n) is 2.43. The van der Waals surface area contributed by atoms with E-state index in [1.165, 1.54) is 25.7 Å². The normalized spacial score (nSPS) is 18.9. The van der Waals surface area contributed by atoms with E-state index in [-0.39, 0.29) is 18.1 Å². The molecule has 0 bridgehead atoms. The lowest BCUT2D eigenvalue weighted by Gasteiger charge is -2.14. The van der Waals surface area contributed by atoms with Gasteiger partial charge in [0.25, 0.3) is 0 Å². The molecule has 1 aliphatic carbocycles. The zero-order valence-corrected chi connectivity index (χ0v) is 9.92. The van der Waals surface area contributed by atoms with E-state index in [4.69, 9.17) is 9.47 Å². The second kappa shape index (κ2) is 7.23. The van der Waals surface area contributed by atoms with Crippen LogP contribution in [0.1, 0.15) is 38.5 Å². The molecule has 4 heteroatoms. The van der Waals surface area contributed by atoms with E-state index in [0.29, 0.717) is 6.10 Å². The molecule has 0 aromatic heterocycles. The van der Waals surface area contributed by atoms with Crippen LogP contribution < -0.4 is 0 Å². The second-order valence-electron chi connectivity index (χ2n) is 3.55. The van der Waals surface area contributed by atoms with Crippen LogP contribution in [-0.2, 0) is 14.3 Å². The Hall–Kier alpha value is -0.0900. The van der Waals surface area contributed by atoms with Crippen LogP contribution >= 0.6 is 15.9 Å². The maximum Gasteiger partial charge on any atom is 0.318 e. The van der Waals surface area contributed by atoms with Crippen molar-refractivity contribution in [2.24, 2.45) is 0 Å². The molecule has 1 fully saturated rings. The Bertz CT molecular complexity index is 165. The summed E-state index contributed by atoms with van der Waals surface area (Å²) >= 11 is 3.02. The number of alkyl halides is 1. The molecule has 1 saturated carbocycles. The molecule has 3 nitrogen and oxygen atoms in total. The predicted molar refractivity (Wildman–Crippen MR) is 57.3 cm³/mol. The van der Waals surface area contributed by atoms with Gasteiger partial charge in [0.15, 0.2) is 6.79 Å². The van der Waals surface area contributed by atoms with Gasteiger partial charge in [0.05, 0.1) is 6.10 Å². The molecule has 0 aromatic carbocycles. The molecule has 14 heavy (non-hydrogen) atoms. The van der Waals surface area contributed by atoms with Gasteiger partial charge in [0.1, 0.15) is 5.33 Å². The van der Waals surface area contributed by atoms with Gasteiger partial charge in [-0.2, -0.15) is 0 Å². The summed E-state index contributed by atoms with van der Waals surface area (Å²) < 4.78 is 10.3. The smallest absolute Gasteiger partial charge is 0.318 e. The molecule has 0 N–H and O–H groups in total. The van der Waals surface area contributed by atoms with Gasteiger partial charge < -0.3 is 9.47 Å². The fourth-order valence-electron chi connectivity index (χ4n) is 1.64. The molecule has 1 aliphatic rings. The van der Waals surface area contributed by atoms with Crippen LogP contribution in [-0.4, -0.2) is 24.2 Å². The molecule has 82 valence electrons. The Morgan fingerprint density at radius 1 is 1.21 bits per heavy atom. The van der Waals surface area contributed by atoms with Crippen molar-refractivity contribution in [2.45, 2.75) is 44.6 Å². The molecule has 0 unspecified atom stereocenters. The molecule has 0 aliphatic heterocycles. The molecule has 0 saturated heterocycles. The van der Waals surface area contributed by atoms with Crippen LogP contribution in [0.15, 0.2) is 0 Å². The highest BCUT2D eigenvalue weighted by atomic mass is 79.9. The van der Waals surface area contributed by atoms with Gasteiger partial charge in [-0.1, -0.05) is 41.6 Å². The van der Waals surface area contributed by atoms with Gasteiger partial charge in [0, 0.05) is 0 Å². The first kappa shape index (κ1) is 12.0. The van der Waals surface area contributed by atoms with E-state index in [1.807, 2.05) is 0 Å². The van der Waals surface area contributed by atoms with Crippen molar-refractivity contribution in [2.75, 3.05) is 12.1 Å². The van der Waals surface area contributed by atoms with Crippen molar-refractivity contribution < 1.29 is 14.3 Å². The van der Waals surface area contributed by atoms with Crippen LogP contribution in [0, 0.1) is 0 Å². The minimum Gasteiger partial charge on any atom is -0.438 e. The number of hydrogen-bond donors (Lipinski definition) is 0. The van der Waals surface area contributed by atoms with Crippen molar-refractivity contribution in [1.29, 1.82) is 0 Å². The lowest BCUT2D eigenvalue weighted by molar-refractivity contribution is -0.158. The standard InChI is InChI=1S/C10H17BrO3/c11-7-10(12)14-8-13-9-5-3-1-2-4-6-9/h9H,1-8H2. The SMILES string of the molecule is O=C(CBr)OCOC1CCCCCC1. The molecule has 1 rings (SSSR count). The Morgan fingerprint density at radius 2 is 1.86 bits per heavy atom. The first-order valence-corrected chi connectivity index (χ1v) is 6.28. The lowest BCUT2D eigenvalue weighted by Crippen LogP contribution is -2.17. The Balaban J connectivity index is 2.07. The van der Waals surface area contributed by atoms with Gasteiger partial charge >= 0.3 is 5.97 Å². The molecule has 0 atom stereocenters. The average Bonchev–Trinajstić information content (AvgIpc) is 2.46. The van der Waals surface area contributed by atoms with E-state index in [2.05, 4.69) is 15.9 Å². The number of halogens is 1. The van der Waals surface area contributed by atoms with Crippen LogP contribution in [0.3, 0.4) is 0 Å². The summed E-state index contributed by atoms with van der Waals surface area (Å²) in [6.45, 7) is 0.106. The quantitative estimate of drug-likeness (QED) is 0.339. The van der Waals surface area contributed by atoms with E-state index in [0.717, 1.165) is 12.8 Å². The predicted octanol–water partition coefficient (Wildman–Crippen LogP) is 2.62. The summed E-state index contributed by atoms with van der Waals surface area (Å²) in [6.07, 6.45) is 7.58. The molecule has 0 radical (unpaired) electrons. The number of rotatable bonds is 4. The molecule has 0 spiro atoms. The first-order chi connectivity index (χ1) is 6.83. The zero-order chi connectivity index (χ0) is 10.2. The van der Waals surface area contributed by atoms with E-state index >= 15 is 0 Å². The Morgan fingerprint density at radius 3 is 2.43 bits per heavy atom. The number of esters is 1. The Kier molecular flexibility index (Phi) is 6.19. The van der Waals surface area contributed by atoms with Gasteiger partial charge in [-0.15, -0.1) is 0 Å². The maximum atomic E-state index is 10.8. The number of carbonyl (C=O) groups is 1. The summed E-state index contributed by atoms with van der Waals surface area (Å²) in [5.41, 5.74) is 0. The van der Waals surface area contributed by atoms with Crippen molar-refractivity contribution in [3.63, 3.8) is 0 Å². The number of hydrogen-bond acceptors (Lipinski definition) is 3. The topological polar surface area (TPSA) is 35.5 Å².